The van der Waals surface area contributed by atoms with Crippen molar-refractivity contribution in [2.24, 2.45) is 0 Å². The van der Waals surface area contributed by atoms with Gasteiger partial charge in [0.05, 0.1) is 6.61 Å². The SMILES string of the molecule is C[C@H]1CN[C@@H](CO)CN1. The molecule has 1 rings (SSSR count). The molecule has 0 spiro atoms. The highest BCUT2D eigenvalue weighted by atomic mass is 16.3. The predicted molar refractivity (Wildman–Crippen MR) is 36.3 cm³/mol. The van der Waals surface area contributed by atoms with Crippen molar-refractivity contribution in [2.45, 2.75) is 19.0 Å². The van der Waals surface area contributed by atoms with Gasteiger partial charge in [0, 0.05) is 25.2 Å². The molecule has 54 valence electrons. The third-order valence-corrected chi connectivity index (χ3v) is 1.65. The molecule has 0 bridgehead atoms. The second-order valence-electron chi connectivity index (χ2n) is 2.60. The topological polar surface area (TPSA) is 44.3 Å². The number of hydrogen-bond donors (Lipinski definition) is 3. The molecule has 1 aliphatic rings. The number of piperazine rings is 1. The number of rotatable bonds is 1. The van der Waals surface area contributed by atoms with Crippen LogP contribution in [0.4, 0.5) is 0 Å². The van der Waals surface area contributed by atoms with Crippen LogP contribution in [0.5, 0.6) is 0 Å². The van der Waals surface area contributed by atoms with Crippen molar-refractivity contribution >= 4 is 0 Å². The molecule has 3 heteroatoms. The highest BCUT2D eigenvalue weighted by molar-refractivity contribution is 4.79. The Morgan fingerprint density at radius 2 is 2.22 bits per heavy atom. The van der Waals surface area contributed by atoms with Gasteiger partial charge in [-0.3, -0.25) is 0 Å². The molecule has 0 amide bonds. The fourth-order valence-corrected chi connectivity index (χ4v) is 0.960. The Kier molecular flexibility index (Phi) is 2.45. The van der Waals surface area contributed by atoms with Gasteiger partial charge < -0.3 is 15.7 Å². The van der Waals surface area contributed by atoms with Crippen molar-refractivity contribution in [1.82, 2.24) is 10.6 Å². The lowest BCUT2D eigenvalue weighted by molar-refractivity contribution is 0.216. The molecule has 3 nitrogen and oxygen atoms in total. The quantitative estimate of drug-likeness (QED) is 0.423. The van der Waals surface area contributed by atoms with E-state index in [-0.39, 0.29) is 12.6 Å². The molecule has 0 aromatic carbocycles. The zero-order valence-electron chi connectivity index (χ0n) is 5.72. The predicted octanol–water partition coefficient (Wildman–Crippen LogP) is -1.07. The Hall–Kier alpha value is -0.120. The number of nitrogens with one attached hydrogen (secondary N) is 2. The fourth-order valence-electron chi connectivity index (χ4n) is 0.960. The molecule has 3 N–H and O–H groups in total. The molecule has 1 heterocycles. The molecule has 0 radical (unpaired) electrons. The summed E-state index contributed by atoms with van der Waals surface area (Å²) >= 11 is 0. The van der Waals surface area contributed by atoms with Gasteiger partial charge in [-0.05, 0) is 6.92 Å². The first-order chi connectivity index (χ1) is 4.33. The Labute approximate surface area is 55.5 Å². The average Bonchev–Trinajstić information content (AvgIpc) is 1.90. The van der Waals surface area contributed by atoms with Crippen LogP contribution in [0.25, 0.3) is 0 Å². The van der Waals surface area contributed by atoms with Gasteiger partial charge >= 0.3 is 0 Å². The van der Waals surface area contributed by atoms with E-state index < -0.39 is 0 Å². The number of hydrogen-bond acceptors (Lipinski definition) is 3. The molecule has 0 saturated carbocycles. The highest BCUT2D eigenvalue weighted by Crippen LogP contribution is 1.90. The second-order valence-corrected chi connectivity index (χ2v) is 2.60. The van der Waals surface area contributed by atoms with E-state index in [2.05, 4.69) is 17.6 Å². The number of aliphatic hydroxyl groups excluding tert-OH is 1. The van der Waals surface area contributed by atoms with Gasteiger partial charge in [0.2, 0.25) is 0 Å². The molecule has 1 aliphatic heterocycles. The molecular weight excluding hydrogens is 116 g/mol. The standard InChI is InChI=1S/C6H14N2O/c1-5-2-8-6(4-9)3-7-5/h5-9H,2-4H2,1H3/t5-,6+/m0/s1. The largest absolute Gasteiger partial charge is 0.395 e. The first-order valence-electron chi connectivity index (χ1n) is 3.40. The Balaban J connectivity index is 2.18. The van der Waals surface area contributed by atoms with Crippen molar-refractivity contribution in [3.8, 4) is 0 Å². The van der Waals surface area contributed by atoms with E-state index in [1.54, 1.807) is 0 Å². The minimum absolute atomic E-state index is 0.236. The van der Waals surface area contributed by atoms with Crippen LogP contribution in [-0.2, 0) is 0 Å². The maximum Gasteiger partial charge on any atom is 0.0597 e. The maximum absolute atomic E-state index is 8.67. The van der Waals surface area contributed by atoms with Gasteiger partial charge in [-0.2, -0.15) is 0 Å². The Morgan fingerprint density at radius 1 is 1.44 bits per heavy atom. The van der Waals surface area contributed by atoms with E-state index in [0.29, 0.717) is 6.04 Å². The molecule has 0 aromatic rings. The van der Waals surface area contributed by atoms with Gasteiger partial charge in [-0.25, -0.2) is 0 Å². The average molecular weight is 130 g/mol. The van der Waals surface area contributed by atoms with Crippen LogP contribution in [0, 0.1) is 0 Å². The van der Waals surface area contributed by atoms with Crippen LogP contribution in [0.3, 0.4) is 0 Å². The summed E-state index contributed by atoms with van der Waals surface area (Å²) in [5.74, 6) is 0. The maximum atomic E-state index is 8.67. The minimum atomic E-state index is 0.236. The zero-order chi connectivity index (χ0) is 6.69. The van der Waals surface area contributed by atoms with Crippen LogP contribution >= 0.6 is 0 Å². The van der Waals surface area contributed by atoms with E-state index in [9.17, 15) is 0 Å². The van der Waals surface area contributed by atoms with Gasteiger partial charge in [0.1, 0.15) is 0 Å². The number of aliphatic hydroxyl groups is 1. The van der Waals surface area contributed by atoms with Gasteiger partial charge in [0.25, 0.3) is 0 Å². The lowest BCUT2D eigenvalue weighted by Crippen LogP contribution is -2.54. The molecule has 0 aliphatic carbocycles. The van der Waals surface area contributed by atoms with Gasteiger partial charge in [0.15, 0.2) is 0 Å². The molecule has 2 atom stereocenters. The van der Waals surface area contributed by atoms with E-state index in [1.807, 2.05) is 0 Å². The summed E-state index contributed by atoms with van der Waals surface area (Å²) in [7, 11) is 0. The summed E-state index contributed by atoms with van der Waals surface area (Å²) in [6.07, 6.45) is 0. The summed E-state index contributed by atoms with van der Waals surface area (Å²) in [4.78, 5) is 0. The lowest BCUT2D eigenvalue weighted by atomic mass is 10.2. The summed E-state index contributed by atoms with van der Waals surface area (Å²) < 4.78 is 0. The first-order valence-corrected chi connectivity index (χ1v) is 3.40. The van der Waals surface area contributed by atoms with Crippen LogP contribution < -0.4 is 10.6 Å². The normalized spacial score (nSPS) is 36.7. The van der Waals surface area contributed by atoms with Crippen LogP contribution in [0.2, 0.25) is 0 Å². The third kappa shape index (κ3) is 1.93. The summed E-state index contributed by atoms with van der Waals surface area (Å²) in [5, 5.41) is 15.1. The van der Waals surface area contributed by atoms with Crippen molar-refractivity contribution in [3.05, 3.63) is 0 Å². The molecule has 9 heavy (non-hydrogen) atoms. The van der Waals surface area contributed by atoms with Crippen molar-refractivity contribution < 1.29 is 5.11 Å². The highest BCUT2D eigenvalue weighted by Gasteiger charge is 2.14. The monoisotopic (exact) mass is 130 g/mol. The fraction of sp³-hybridized carbons (Fsp3) is 1.00. The summed E-state index contributed by atoms with van der Waals surface area (Å²) in [5.41, 5.74) is 0. The molecule has 1 fully saturated rings. The van der Waals surface area contributed by atoms with E-state index in [4.69, 9.17) is 5.11 Å². The van der Waals surface area contributed by atoms with E-state index in [1.165, 1.54) is 0 Å². The van der Waals surface area contributed by atoms with Gasteiger partial charge in [-0.1, -0.05) is 0 Å². The smallest absolute Gasteiger partial charge is 0.0597 e. The van der Waals surface area contributed by atoms with Crippen molar-refractivity contribution in [3.63, 3.8) is 0 Å². The van der Waals surface area contributed by atoms with Crippen LogP contribution in [0.1, 0.15) is 6.92 Å². The molecule has 0 aromatic heterocycles. The van der Waals surface area contributed by atoms with Crippen LogP contribution in [0.15, 0.2) is 0 Å². The van der Waals surface area contributed by atoms with E-state index in [0.717, 1.165) is 13.1 Å². The zero-order valence-corrected chi connectivity index (χ0v) is 5.72. The first kappa shape index (κ1) is 6.99. The molecular formula is C6H14N2O. The third-order valence-electron chi connectivity index (χ3n) is 1.65. The Bertz CT molecular complexity index is 79.1. The summed E-state index contributed by atoms with van der Waals surface area (Å²) in [6.45, 7) is 4.21. The second kappa shape index (κ2) is 3.15. The minimum Gasteiger partial charge on any atom is -0.395 e. The van der Waals surface area contributed by atoms with Gasteiger partial charge in [-0.15, -0.1) is 0 Å². The molecule has 0 unspecified atom stereocenters. The Morgan fingerprint density at radius 3 is 2.67 bits per heavy atom. The van der Waals surface area contributed by atoms with E-state index >= 15 is 0 Å². The summed E-state index contributed by atoms with van der Waals surface area (Å²) in [6, 6.07) is 0.814. The lowest BCUT2D eigenvalue weighted by Gasteiger charge is -2.27. The molecule has 1 saturated heterocycles. The van der Waals surface area contributed by atoms with Crippen molar-refractivity contribution in [2.75, 3.05) is 19.7 Å². The van der Waals surface area contributed by atoms with Crippen molar-refractivity contribution in [1.29, 1.82) is 0 Å². The van der Waals surface area contributed by atoms with Crippen LogP contribution in [-0.4, -0.2) is 36.9 Å².